The summed E-state index contributed by atoms with van der Waals surface area (Å²) in [6, 6.07) is 8.49. The van der Waals surface area contributed by atoms with Gasteiger partial charge >= 0.3 is 20.2 Å². The number of hydrogen-bond acceptors (Lipinski definition) is 29. The molecule has 113 heavy (non-hydrogen) atoms. The number of fused-ring (bicyclic) bond motifs is 6. The predicted molar refractivity (Wildman–Crippen MR) is 407 cm³/mol. The van der Waals surface area contributed by atoms with Crippen molar-refractivity contribution in [1.29, 1.82) is 0 Å². The minimum absolute atomic E-state index is 0.00934. The van der Waals surface area contributed by atoms with E-state index in [0.29, 0.717) is 22.7 Å². The van der Waals surface area contributed by atoms with Gasteiger partial charge in [-0.15, -0.1) is 22.7 Å². The van der Waals surface area contributed by atoms with E-state index in [0.717, 1.165) is 36.4 Å². The number of nitrogens with zero attached hydrogens (tertiary/aromatic N) is 4. The molecule has 2 aromatic carbocycles. The van der Waals surface area contributed by atoms with E-state index in [-0.39, 0.29) is 76.3 Å². The number of aromatic nitrogens is 2. The standard InChI is InChI=1S/C59H70N8O34S12/c1-58(10-4-18-104(72,73)74)40-30-36(34-26-42(54(68)60-12-22-108(84,85)86)64-43(27-34)55(69)61-13-23-109(87,88)89)52-38(32-48(102-52)112(96,97)98)50(40)66(16-6-20-106(78,79)80)46(58)8-3-9-47-59(2,11-5-19-105(75,76)77)41-31-37(53-39(33-49(103-53)113(99,100)101)51(41)67(47)17-7-21-107(81,82)83)35-28-44(56(70)62-14-24-110(90,91)92)65-45(29-35)57(71)63-15-25-111(93,94)95/h3,8-9,26-33H,4-7,10-25H2,1-2H3,(H13-,60,61,62,63,68,69,70,71,72,73,74,75,76,77,78,79,80,81,82,83,84,85,86,87,88,89,90,91,92,93,94,95,96,97,98,99,100,101)/p+1. The molecular formula is C59H71N8O34S12+. The number of allylic oxidation sites excluding steroid dienone is 4. The molecule has 54 heteroatoms. The van der Waals surface area contributed by atoms with Gasteiger partial charge in [0.25, 0.3) is 105 Å². The molecule has 4 amide bonds. The summed E-state index contributed by atoms with van der Waals surface area (Å²) < 4.78 is 347. The van der Waals surface area contributed by atoms with Crippen molar-refractivity contribution in [3.05, 3.63) is 106 Å². The van der Waals surface area contributed by atoms with Crippen LogP contribution in [0.5, 0.6) is 0 Å². The molecule has 6 heterocycles. The Morgan fingerprint density at radius 2 is 0.770 bits per heavy atom. The van der Waals surface area contributed by atoms with Gasteiger partial charge in [-0.2, -0.15) is 88.8 Å². The summed E-state index contributed by atoms with van der Waals surface area (Å²) in [6.07, 6.45) is 1.00. The van der Waals surface area contributed by atoms with E-state index in [9.17, 15) is 149 Å². The largest absolute Gasteiger partial charge is 0.350 e. The van der Waals surface area contributed by atoms with Crippen LogP contribution in [0, 0.1) is 0 Å². The summed E-state index contributed by atoms with van der Waals surface area (Å²) in [7, 11) is -49.0. The molecular weight excluding hydrogens is 1750 g/mol. The summed E-state index contributed by atoms with van der Waals surface area (Å²) in [5.41, 5.74) is -7.57. The van der Waals surface area contributed by atoms with Gasteiger partial charge < -0.3 is 26.2 Å². The monoisotopic (exact) mass is 1820 g/mol. The van der Waals surface area contributed by atoms with Crippen molar-refractivity contribution >= 4 is 185 Å². The normalized spacial score (nSPS) is 17.2. The zero-order valence-corrected chi connectivity index (χ0v) is 68.2. The van der Waals surface area contributed by atoms with Crippen LogP contribution in [0.4, 0.5) is 11.4 Å². The Labute approximate surface area is 654 Å². The van der Waals surface area contributed by atoms with Gasteiger partial charge in [-0.1, -0.05) is 6.08 Å². The molecule has 2 aliphatic heterocycles. The van der Waals surface area contributed by atoms with Gasteiger partial charge in [-0.3, -0.25) is 64.7 Å². The van der Waals surface area contributed by atoms with E-state index >= 15 is 0 Å². The average molecular weight is 1820 g/mol. The van der Waals surface area contributed by atoms with Crippen molar-refractivity contribution in [2.24, 2.45) is 0 Å². The Bertz CT molecular complexity index is 6090. The van der Waals surface area contributed by atoms with Gasteiger partial charge in [0.1, 0.15) is 37.7 Å². The van der Waals surface area contributed by atoms with Crippen LogP contribution in [-0.4, -0.2) is 259 Å². The second kappa shape index (κ2) is 34.0. The first kappa shape index (κ1) is 91.1. The Balaban J connectivity index is 1.48. The average Bonchev–Trinajstić information content (AvgIpc) is 1.55. The molecule has 0 radical (unpaired) electrons. The maximum absolute atomic E-state index is 13.9. The number of hydrogen-bond donors (Lipinski definition) is 14. The van der Waals surface area contributed by atoms with E-state index in [4.69, 9.17) is 0 Å². The zero-order chi connectivity index (χ0) is 84.6. The number of anilines is 1. The zero-order valence-electron chi connectivity index (χ0n) is 58.5. The smallest absolute Gasteiger partial charge is 0.304 e. The highest BCUT2D eigenvalue weighted by molar-refractivity contribution is 7.89. The van der Waals surface area contributed by atoms with Gasteiger partial charge in [0.15, 0.2) is 5.71 Å². The fourth-order valence-electron chi connectivity index (χ4n) is 12.7. The molecule has 4 aromatic heterocycles. The quantitative estimate of drug-likeness (QED) is 0.0194. The Hall–Kier alpha value is -7.41. The highest BCUT2D eigenvalue weighted by Crippen LogP contribution is 2.58. The number of benzene rings is 2. The second-order valence-corrected chi connectivity index (χ2v) is 43.9. The lowest BCUT2D eigenvalue weighted by Gasteiger charge is -2.30. The highest BCUT2D eigenvalue weighted by atomic mass is 32.3. The minimum atomic E-state index is -5.29. The molecule has 2 aliphatic rings. The number of carbonyl (C=O) groups is 4. The first-order valence-electron chi connectivity index (χ1n) is 32.4. The number of carbonyl (C=O) groups excluding carboxylic acids is 4. The van der Waals surface area contributed by atoms with E-state index in [1.807, 2.05) is 0 Å². The van der Waals surface area contributed by atoms with Crippen LogP contribution in [0.15, 0.2) is 80.9 Å². The summed E-state index contributed by atoms with van der Waals surface area (Å²) in [5, 5.41) is 8.36. The third-order valence-corrected chi connectivity index (χ3v) is 28.5. The van der Waals surface area contributed by atoms with Crippen LogP contribution in [0.25, 0.3) is 42.4 Å². The molecule has 0 spiro atoms. The summed E-state index contributed by atoms with van der Waals surface area (Å²) >= 11 is 0.710. The van der Waals surface area contributed by atoms with Gasteiger partial charge in [-0.25, -0.2) is 9.97 Å². The minimum Gasteiger partial charge on any atom is -0.350 e. The fraction of sp³-hybridized carbons (Fsp3) is 0.407. The van der Waals surface area contributed by atoms with Crippen LogP contribution in [0.2, 0.25) is 0 Å². The summed E-state index contributed by atoms with van der Waals surface area (Å²) in [6.45, 7) is -1.25. The highest BCUT2D eigenvalue weighted by Gasteiger charge is 2.51. The fourth-order valence-corrected chi connectivity index (χ4v) is 19.9. The van der Waals surface area contributed by atoms with Gasteiger partial charge in [0, 0.05) is 83.1 Å². The summed E-state index contributed by atoms with van der Waals surface area (Å²) in [5.74, 6) is -13.2. The molecule has 2 unspecified atom stereocenters. The van der Waals surface area contributed by atoms with E-state index in [2.05, 4.69) is 31.2 Å². The third-order valence-electron chi connectivity index (χ3n) is 17.5. The summed E-state index contributed by atoms with van der Waals surface area (Å²) in [4.78, 5) is 65.0. The van der Waals surface area contributed by atoms with Crippen molar-refractivity contribution < 1.29 is 153 Å². The molecule has 0 saturated heterocycles. The van der Waals surface area contributed by atoms with Gasteiger partial charge in [0.05, 0.1) is 67.2 Å². The lowest BCUT2D eigenvalue weighted by molar-refractivity contribution is -0.435. The number of nitrogens with one attached hydrogen (secondary N) is 4. The van der Waals surface area contributed by atoms with Crippen molar-refractivity contribution in [2.75, 3.05) is 90.2 Å². The molecule has 14 N–H and O–H groups in total. The first-order valence-corrected chi connectivity index (χ1v) is 49.8. The van der Waals surface area contributed by atoms with E-state index in [1.165, 1.54) is 53.7 Å². The molecule has 0 aliphatic carbocycles. The van der Waals surface area contributed by atoms with Crippen molar-refractivity contribution in [3.63, 3.8) is 0 Å². The van der Waals surface area contributed by atoms with Crippen molar-refractivity contribution in [3.8, 4) is 22.3 Å². The molecule has 42 nitrogen and oxygen atoms in total. The van der Waals surface area contributed by atoms with Gasteiger partial charge in [0.2, 0.25) is 5.69 Å². The molecule has 2 atom stereocenters. The van der Waals surface area contributed by atoms with Crippen LogP contribution in [-0.2, 0) is 112 Å². The van der Waals surface area contributed by atoms with E-state index in [1.54, 1.807) is 0 Å². The van der Waals surface area contributed by atoms with E-state index < -0.39 is 291 Å². The Kier molecular flexibility index (Phi) is 27.4. The molecule has 622 valence electrons. The Morgan fingerprint density at radius 1 is 0.434 bits per heavy atom. The second-order valence-electron chi connectivity index (χ2n) is 25.9. The molecule has 0 saturated carbocycles. The van der Waals surface area contributed by atoms with Crippen molar-refractivity contribution in [1.82, 2.24) is 31.2 Å². The Morgan fingerprint density at radius 3 is 1.14 bits per heavy atom. The van der Waals surface area contributed by atoms with Crippen LogP contribution in [0.1, 0.15) is 105 Å². The lowest BCUT2D eigenvalue weighted by Crippen LogP contribution is -2.32. The number of amides is 4. The molecule has 6 aromatic rings. The number of pyridine rings is 2. The SMILES string of the molecule is CC1(CCCS(=O)(=O)O)C(/C=C/C=C2\N(CCCS(=O)(=O)O)c3c(cc(-c4cc(C(=O)NCCS(=O)(=O)O)nc(C(=O)NCCS(=O)(=O)O)c4)c4sc(S(=O)(=O)O)cc34)C2(C)CCCS(=O)(=O)O)=[N+](CCCS(=O)(=O)O)c2c1cc(-c1cc(C(=O)NCCS(=O)(=O)O)nc(C(=O)NCCS(=O)(=O)O)c1)c1sc(S(=O)(=O)O)cc21. The molecule has 0 bridgehead atoms. The maximum Gasteiger partial charge on any atom is 0.304 e. The van der Waals surface area contributed by atoms with Crippen LogP contribution < -0.4 is 26.2 Å². The topological polar surface area (TPSA) is 692 Å². The number of rotatable bonds is 38. The van der Waals surface area contributed by atoms with Crippen LogP contribution >= 0.6 is 22.7 Å². The molecule has 8 rings (SSSR count). The third kappa shape index (κ3) is 24.4. The predicted octanol–water partition coefficient (Wildman–Crippen LogP) is 1.67. The molecule has 0 fully saturated rings. The maximum atomic E-state index is 13.9. The van der Waals surface area contributed by atoms with Crippen molar-refractivity contribution in [2.45, 2.75) is 71.6 Å². The van der Waals surface area contributed by atoms with Gasteiger partial charge in [-0.05, 0) is 117 Å². The number of thiophene rings is 2. The van der Waals surface area contributed by atoms with Crippen LogP contribution in [0.3, 0.4) is 0 Å². The first-order chi connectivity index (χ1) is 51.6. The lowest BCUT2D eigenvalue weighted by atomic mass is 9.74.